The van der Waals surface area contributed by atoms with E-state index >= 15 is 0 Å². The molecule has 2 heterocycles. The molecule has 1 aromatic carbocycles. The van der Waals surface area contributed by atoms with Gasteiger partial charge in [0, 0.05) is 23.5 Å². The van der Waals surface area contributed by atoms with Crippen LogP contribution in [-0.4, -0.2) is 46.1 Å². The molecule has 1 aromatic heterocycles. The van der Waals surface area contributed by atoms with Crippen molar-refractivity contribution >= 4 is 23.2 Å². The molecule has 1 aliphatic heterocycles. The number of likely N-dealkylation sites (tertiary alicyclic amines) is 1. The number of ether oxygens (including phenoxy) is 1. The average molecular weight is 360 g/mol. The van der Waals surface area contributed by atoms with Gasteiger partial charge in [-0.1, -0.05) is 0 Å². The van der Waals surface area contributed by atoms with Crippen LogP contribution in [0.1, 0.15) is 30.8 Å². The van der Waals surface area contributed by atoms with Crippen LogP contribution in [0.15, 0.2) is 29.6 Å². The smallest absolute Gasteiger partial charge is 0.308 e. The maximum Gasteiger partial charge on any atom is 0.308 e. The third-order valence-electron chi connectivity index (χ3n) is 4.47. The Morgan fingerprint density at radius 2 is 2.08 bits per heavy atom. The van der Waals surface area contributed by atoms with Crippen molar-refractivity contribution < 1.29 is 19.4 Å². The summed E-state index contributed by atoms with van der Waals surface area (Å²) in [6.07, 6.45) is 0.484. The highest BCUT2D eigenvalue weighted by atomic mass is 32.1. The van der Waals surface area contributed by atoms with E-state index in [1.54, 1.807) is 17.2 Å². The third-order valence-corrected chi connectivity index (χ3v) is 5.36. The van der Waals surface area contributed by atoms with Crippen LogP contribution < -0.4 is 4.74 Å². The number of carbonyl (C=O) groups excluding carboxylic acids is 1. The van der Waals surface area contributed by atoms with Crippen LogP contribution in [0.5, 0.6) is 5.75 Å². The predicted molar refractivity (Wildman–Crippen MR) is 95.0 cm³/mol. The van der Waals surface area contributed by atoms with Crippen molar-refractivity contribution in [3.05, 3.63) is 35.3 Å². The van der Waals surface area contributed by atoms with Crippen molar-refractivity contribution in [3.63, 3.8) is 0 Å². The lowest BCUT2D eigenvalue weighted by molar-refractivity contribution is -0.142. The van der Waals surface area contributed by atoms with E-state index in [-0.39, 0.29) is 11.9 Å². The summed E-state index contributed by atoms with van der Waals surface area (Å²) in [6, 6.07) is 7.26. The van der Waals surface area contributed by atoms with Gasteiger partial charge in [-0.3, -0.25) is 9.59 Å². The van der Waals surface area contributed by atoms with Gasteiger partial charge >= 0.3 is 5.97 Å². The Kier molecular flexibility index (Phi) is 5.03. The van der Waals surface area contributed by atoms with E-state index in [1.165, 1.54) is 11.3 Å². The van der Waals surface area contributed by atoms with Gasteiger partial charge < -0.3 is 14.7 Å². The first-order valence-electron chi connectivity index (χ1n) is 8.23. The van der Waals surface area contributed by atoms with E-state index in [9.17, 15) is 14.7 Å². The van der Waals surface area contributed by atoms with Gasteiger partial charge in [0.1, 0.15) is 16.5 Å². The Balaban J connectivity index is 1.75. The van der Waals surface area contributed by atoms with Crippen molar-refractivity contribution in [1.29, 1.82) is 0 Å². The number of carboxylic acids is 1. The van der Waals surface area contributed by atoms with Gasteiger partial charge in [0.25, 0.3) is 5.91 Å². The van der Waals surface area contributed by atoms with E-state index in [2.05, 4.69) is 4.98 Å². The number of aliphatic carboxylic acids is 1. The SMILES string of the molecule is CCOc1ccc(-c2nc(C(=O)N3CCC(C(=O)O)C3C)cs2)cc1. The number of benzene rings is 1. The molecule has 1 amide bonds. The normalized spacial score (nSPS) is 19.8. The molecular formula is C18H20N2O4S. The highest BCUT2D eigenvalue weighted by Gasteiger charge is 2.38. The van der Waals surface area contributed by atoms with Gasteiger partial charge in [-0.05, 0) is 44.5 Å². The Morgan fingerprint density at radius 3 is 2.68 bits per heavy atom. The molecule has 1 aliphatic rings. The first kappa shape index (κ1) is 17.4. The van der Waals surface area contributed by atoms with E-state index < -0.39 is 11.9 Å². The minimum absolute atomic E-state index is 0.204. The van der Waals surface area contributed by atoms with Crippen molar-refractivity contribution in [3.8, 4) is 16.3 Å². The van der Waals surface area contributed by atoms with Crippen molar-refractivity contribution in [2.45, 2.75) is 26.3 Å². The first-order valence-corrected chi connectivity index (χ1v) is 9.11. The lowest BCUT2D eigenvalue weighted by Crippen LogP contribution is -2.37. The molecular weight excluding hydrogens is 340 g/mol. The molecule has 1 saturated heterocycles. The fraction of sp³-hybridized carbons (Fsp3) is 0.389. The lowest BCUT2D eigenvalue weighted by atomic mass is 10.0. The summed E-state index contributed by atoms with van der Waals surface area (Å²) in [5.74, 6) is -0.765. The van der Waals surface area contributed by atoms with Gasteiger partial charge in [0.15, 0.2) is 0 Å². The second-order valence-corrected chi connectivity index (χ2v) is 6.83. The summed E-state index contributed by atoms with van der Waals surface area (Å²) >= 11 is 1.40. The van der Waals surface area contributed by atoms with Crippen LogP contribution in [0.3, 0.4) is 0 Å². The fourth-order valence-electron chi connectivity index (χ4n) is 3.07. The number of aromatic nitrogens is 1. The fourth-order valence-corrected chi connectivity index (χ4v) is 3.87. The Hall–Kier alpha value is -2.41. The molecule has 132 valence electrons. The Labute approximate surface area is 150 Å². The first-order chi connectivity index (χ1) is 12.0. The molecule has 1 N–H and O–H groups in total. The largest absolute Gasteiger partial charge is 0.494 e. The summed E-state index contributed by atoms with van der Waals surface area (Å²) < 4.78 is 5.42. The molecule has 25 heavy (non-hydrogen) atoms. The van der Waals surface area contributed by atoms with Gasteiger partial charge in [-0.25, -0.2) is 4.98 Å². The van der Waals surface area contributed by atoms with Crippen LogP contribution in [0.2, 0.25) is 0 Å². The molecule has 0 spiro atoms. The van der Waals surface area contributed by atoms with Crippen LogP contribution in [-0.2, 0) is 4.79 Å². The van der Waals surface area contributed by atoms with Crippen molar-refractivity contribution in [1.82, 2.24) is 9.88 Å². The monoisotopic (exact) mass is 360 g/mol. The molecule has 2 aromatic rings. The molecule has 0 radical (unpaired) electrons. The van der Waals surface area contributed by atoms with Crippen LogP contribution in [0.4, 0.5) is 0 Å². The topological polar surface area (TPSA) is 79.7 Å². The standard InChI is InChI=1S/C18H20N2O4S/c1-3-24-13-6-4-12(5-7-13)16-19-15(10-25-16)17(21)20-9-8-14(11(20)2)18(22)23/h4-7,10-11,14H,3,8-9H2,1-2H3,(H,22,23). The highest BCUT2D eigenvalue weighted by Crippen LogP contribution is 2.29. The summed E-state index contributed by atoms with van der Waals surface area (Å²) in [7, 11) is 0. The zero-order valence-corrected chi connectivity index (χ0v) is 15.0. The Morgan fingerprint density at radius 1 is 1.36 bits per heavy atom. The van der Waals surface area contributed by atoms with Gasteiger partial charge in [0.2, 0.25) is 0 Å². The van der Waals surface area contributed by atoms with Crippen molar-refractivity contribution in [2.24, 2.45) is 5.92 Å². The van der Waals surface area contributed by atoms with Crippen LogP contribution in [0, 0.1) is 5.92 Å². The third kappa shape index (κ3) is 3.51. The number of nitrogens with zero attached hydrogens (tertiary/aromatic N) is 2. The van der Waals surface area contributed by atoms with Gasteiger partial charge in [-0.2, -0.15) is 0 Å². The summed E-state index contributed by atoms with van der Waals surface area (Å²) in [6.45, 7) is 4.78. The van der Waals surface area contributed by atoms with Gasteiger partial charge in [0.05, 0.1) is 12.5 Å². The van der Waals surface area contributed by atoms with Crippen LogP contribution >= 0.6 is 11.3 Å². The predicted octanol–water partition coefficient (Wildman–Crippen LogP) is 3.14. The maximum absolute atomic E-state index is 12.7. The quantitative estimate of drug-likeness (QED) is 0.886. The zero-order chi connectivity index (χ0) is 18.0. The molecule has 0 aliphatic carbocycles. The lowest BCUT2D eigenvalue weighted by Gasteiger charge is -2.22. The molecule has 2 unspecified atom stereocenters. The molecule has 0 saturated carbocycles. The minimum atomic E-state index is -0.851. The van der Waals surface area contributed by atoms with E-state index in [0.29, 0.717) is 25.3 Å². The highest BCUT2D eigenvalue weighted by molar-refractivity contribution is 7.13. The minimum Gasteiger partial charge on any atom is -0.494 e. The Bertz CT molecular complexity index is 772. The number of carbonyl (C=O) groups is 2. The van der Waals surface area contributed by atoms with Gasteiger partial charge in [-0.15, -0.1) is 11.3 Å². The molecule has 2 atom stereocenters. The average Bonchev–Trinajstić information content (AvgIpc) is 3.22. The second kappa shape index (κ2) is 7.23. The number of hydrogen-bond acceptors (Lipinski definition) is 5. The number of amides is 1. The van der Waals surface area contributed by atoms with E-state index in [0.717, 1.165) is 16.3 Å². The second-order valence-electron chi connectivity index (χ2n) is 5.97. The van der Waals surface area contributed by atoms with Crippen LogP contribution in [0.25, 0.3) is 10.6 Å². The number of carboxylic acid groups (broad SMARTS) is 1. The van der Waals surface area contributed by atoms with Crippen molar-refractivity contribution in [2.75, 3.05) is 13.2 Å². The number of rotatable bonds is 5. The molecule has 7 heteroatoms. The maximum atomic E-state index is 12.7. The molecule has 6 nitrogen and oxygen atoms in total. The summed E-state index contributed by atoms with van der Waals surface area (Å²) in [5.41, 5.74) is 1.29. The van der Waals surface area contributed by atoms with E-state index in [1.807, 2.05) is 31.2 Å². The zero-order valence-electron chi connectivity index (χ0n) is 14.1. The summed E-state index contributed by atoms with van der Waals surface area (Å²) in [5, 5.41) is 11.7. The number of thiazole rings is 1. The summed E-state index contributed by atoms with van der Waals surface area (Å²) in [4.78, 5) is 29.9. The number of hydrogen-bond donors (Lipinski definition) is 1. The molecule has 0 bridgehead atoms. The van der Waals surface area contributed by atoms with E-state index in [4.69, 9.17) is 4.74 Å². The molecule has 3 rings (SSSR count). The molecule has 1 fully saturated rings.